The number of nitrogens with zero attached hydrogens (tertiary/aromatic N) is 2. The first-order chi connectivity index (χ1) is 12.4. The Morgan fingerprint density at radius 2 is 1.65 bits per heavy atom. The molecule has 2 aliphatic rings. The number of piperidine rings is 2. The van der Waals surface area contributed by atoms with Gasteiger partial charge in [-0.1, -0.05) is 13.3 Å². The average Bonchev–Trinajstić information content (AvgIpc) is 2.63. The number of carbonyl (C=O) groups is 1. The summed E-state index contributed by atoms with van der Waals surface area (Å²) in [5.41, 5.74) is 0.637. The summed E-state index contributed by atoms with van der Waals surface area (Å²) in [5.74, 6) is 0.534. The maximum absolute atomic E-state index is 12.7. The number of sulfonamides is 1. The van der Waals surface area contributed by atoms with Crippen molar-refractivity contribution in [3.05, 3.63) is 24.3 Å². The molecule has 1 aromatic rings. The molecule has 3 rings (SSSR count). The first kappa shape index (κ1) is 19.3. The molecule has 2 aliphatic heterocycles. The topological polar surface area (TPSA) is 69.7 Å². The summed E-state index contributed by atoms with van der Waals surface area (Å²) in [7, 11) is -3.44. The molecule has 0 radical (unpaired) electrons. The van der Waals surface area contributed by atoms with E-state index in [2.05, 4.69) is 17.1 Å². The number of anilines is 1. The van der Waals surface area contributed by atoms with E-state index in [1.165, 1.54) is 6.42 Å². The second-order valence-electron chi connectivity index (χ2n) is 7.50. The first-order valence-corrected chi connectivity index (χ1v) is 11.0. The van der Waals surface area contributed by atoms with Gasteiger partial charge in [-0.05, 0) is 69.0 Å². The number of hydrogen-bond donors (Lipinski definition) is 1. The Bertz CT molecular complexity index is 704. The molecule has 0 aromatic heterocycles. The number of amides is 1. The summed E-state index contributed by atoms with van der Waals surface area (Å²) < 4.78 is 27.0. The zero-order chi connectivity index (χ0) is 18.6. The molecule has 2 saturated heterocycles. The van der Waals surface area contributed by atoms with E-state index in [1.54, 1.807) is 28.6 Å². The van der Waals surface area contributed by atoms with Crippen LogP contribution in [-0.4, -0.2) is 56.3 Å². The highest BCUT2D eigenvalue weighted by Crippen LogP contribution is 2.24. The monoisotopic (exact) mass is 379 g/mol. The molecular weight excluding hydrogens is 350 g/mol. The minimum Gasteiger partial charge on any atom is -0.325 e. The van der Waals surface area contributed by atoms with Crippen LogP contribution in [0, 0.1) is 5.92 Å². The highest BCUT2D eigenvalue weighted by Gasteiger charge is 2.27. The summed E-state index contributed by atoms with van der Waals surface area (Å²) >= 11 is 0. The third-order valence-electron chi connectivity index (χ3n) is 5.33. The van der Waals surface area contributed by atoms with E-state index in [0.29, 0.717) is 36.1 Å². The van der Waals surface area contributed by atoms with Crippen LogP contribution in [0.1, 0.15) is 39.0 Å². The fraction of sp³-hybridized carbons (Fsp3) is 0.632. The highest BCUT2D eigenvalue weighted by atomic mass is 32.2. The van der Waals surface area contributed by atoms with Gasteiger partial charge in [0.15, 0.2) is 0 Å². The van der Waals surface area contributed by atoms with Crippen LogP contribution in [0.4, 0.5) is 5.69 Å². The molecule has 6 nitrogen and oxygen atoms in total. The number of benzene rings is 1. The van der Waals surface area contributed by atoms with Gasteiger partial charge < -0.3 is 5.32 Å². The fourth-order valence-electron chi connectivity index (χ4n) is 3.61. The lowest BCUT2D eigenvalue weighted by molar-refractivity contribution is -0.117. The zero-order valence-corrected chi connectivity index (χ0v) is 16.3. The lowest BCUT2D eigenvalue weighted by Gasteiger charge is -2.29. The van der Waals surface area contributed by atoms with Gasteiger partial charge in [0, 0.05) is 18.8 Å². The largest absolute Gasteiger partial charge is 0.325 e. The Balaban J connectivity index is 1.58. The van der Waals surface area contributed by atoms with Gasteiger partial charge in [-0.3, -0.25) is 9.69 Å². The minimum atomic E-state index is -3.44. The van der Waals surface area contributed by atoms with E-state index in [1.807, 2.05) is 0 Å². The van der Waals surface area contributed by atoms with Crippen LogP contribution in [0.5, 0.6) is 0 Å². The smallest absolute Gasteiger partial charge is 0.243 e. The molecule has 0 saturated carbocycles. The van der Waals surface area contributed by atoms with E-state index < -0.39 is 10.0 Å². The number of hydrogen-bond acceptors (Lipinski definition) is 4. The highest BCUT2D eigenvalue weighted by molar-refractivity contribution is 7.89. The van der Waals surface area contributed by atoms with Gasteiger partial charge in [0.2, 0.25) is 15.9 Å². The standard InChI is InChI=1S/C19H29N3O3S/c1-16-9-13-22(14-10-16)26(24,25)18-7-5-17(6-8-18)20-19(23)15-21-11-3-2-4-12-21/h5-8,16H,2-4,9-15H2,1H3,(H,20,23). The predicted molar refractivity (Wildman–Crippen MR) is 103 cm³/mol. The average molecular weight is 380 g/mol. The molecule has 7 heteroatoms. The third kappa shape index (κ3) is 4.84. The molecule has 1 N–H and O–H groups in total. The summed E-state index contributed by atoms with van der Waals surface area (Å²) in [4.78, 5) is 14.6. The molecule has 1 amide bonds. The van der Waals surface area contributed by atoms with E-state index in [9.17, 15) is 13.2 Å². The molecule has 2 heterocycles. The van der Waals surface area contributed by atoms with Crippen molar-refractivity contribution < 1.29 is 13.2 Å². The number of carbonyl (C=O) groups excluding carboxylic acids is 1. The van der Waals surface area contributed by atoms with Gasteiger partial charge in [0.25, 0.3) is 0 Å². The van der Waals surface area contributed by atoms with Gasteiger partial charge in [0.1, 0.15) is 0 Å². The van der Waals surface area contributed by atoms with Gasteiger partial charge in [-0.2, -0.15) is 4.31 Å². The normalized spacial score (nSPS) is 20.8. The predicted octanol–water partition coefficient (Wildman–Crippen LogP) is 2.53. The van der Waals surface area contributed by atoms with Crippen LogP contribution in [0.25, 0.3) is 0 Å². The molecule has 26 heavy (non-hydrogen) atoms. The zero-order valence-electron chi connectivity index (χ0n) is 15.5. The number of nitrogens with one attached hydrogen (secondary N) is 1. The van der Waals surface area contributed by atoms with E-state index in [0.717, 1.165) is 38.8 Å². The van der Waals surface area contributed by atoms with Gasteiger partial charge in [-0.25, -0.2) is 8.42 Å². The van der Waals surface area contributed by atoms with E-state index in [-0.39, 0.29) is 5.91 Å². The van der Waals surface area contributed by atoms with Crippen LogP contribution in [-0.2, 0) is 14.8 Å². The molecule has 0 aliphatic carbocycles. The van der Waals surface area contributed by atoms with Crippen LogP contribution in [0.2, 0.25) is 0 Å². The molecule has 0 unspecified atom stereocenters. The quantitative estimate of drug-likeness (QED) is 0.853. The Kier molecular flexibility index (Phi) is 6.32. The SMILES string of the molecule is CC1CCN(S(=O)(=O)c2ccc(NC(=O)CN3CCCCC3)cc2)CC1. The van der Waals surface area contributed by atoms with E-state index in [4.69, 9.17) is 0 Å². The van der Waals surface area contributed by atoms with Crippen molar-refractivity contribution in [2.45, 2.75) is 43.9 Å². The Morgan fingerprint density at radius 3 is 2.27 bits per heavy atom. The molecule has 1 aromatic carbocycles. The second kappa shape index (κ2) is 8.50. The number of rotatable bonds is 5. The van der Waals surface area contributed by atoms with Gasteiger partial charge in [0.05, 0.1) is 11.4 Å². The lowest BCUT2D eigenvalue weighted by Crippen LogP contribution is -2.38. The molecular formula is C19H29N3O3S. The van der Waals surface area contributed by atoms with Crippen molar-refractivity contribution in [2.24, 2.45) is 5.92 Å². The summed E-state index contributed by atoms with van der Waals surface area (Å²) in [6.07, 6.45) is 5.35. The summed E-state index contributed by atoms with van der Waals surface area (Å²) in [6.45, 7) is 5.66. The maximum atomic E-state index is 12.7. The first-order valence-electron chi connectivity index (χ1n) is 9.57. The van der Waals surface area contributed by atoms with Crippen LogP contribution >= 0.6 is 0 Å². The Morgan fingerprint density at radius 1 is 1.04 bits per heavy atom. The van der Waals surface area contributed by atoms with Gasteiger partial charge in [-0.15, -0.1) is 0 Å². The van der Waals surface area contributed by atoms with Crippen molar-refractivity contribution in [1.29, 1.82) is 0 Å². The number of likely N-dealkylation sites (tertiary alicyclic amines) is 1. The molecule has 0 atom stereocenters. The van der Waals surface area contributed by atoms with Gasteiger partial charge >= 0.3 is 0 Å². The second-order valence-corrected chi connectivity index (χ2v) is 9.43. The minimum absolute atomic E-state index is 0.0486. The van der Waals surface area contributed by atoms with Crippen molar-refractivity contribution in [1.82, 2.24) is 9.21 Å². The fourth-order valence-corrected chi connectivity index (χ4v) is 5.08. The molecule has 0 spiro atoms. The van der Waals surface area contributed by atoms with Crippen molar-refractivity contribution >= 4 is 21.6 Å². The van der Waals surface area contributed by atoms with Crippen LogP contribution in [0.15, 0.2) is 29.2 Å². The molecule has 2 fully saturated rings. The summed E-state index contributed by atoms with van der Waals surface area (Å²) in [5, 5.41) is 2.86. The third-order valence-corrected chi connectivity index (χ3v) is 7.25. The maximum Gasteiger partial charge on any atom is 0.243 e. The van der Waals surface area contributed by atoms with Crippen molar-refractivity contribution in [3.63, 3.8) is 0 Å². The molecule has 144 valence electrons. The van der Waals surface area contributed by atoms with E-state index >= 15 is 0 Å². The van der Waals surface area contributed by atoms with Crippen LogP contribution < -0.4 is 5.32 Å². The van der Waals surface area contributed by atoms with Crippen molar-refractivity contribution in [3.8, 4) is 0 Å². The summed E-state index contributed by atoms with van der Waals surface area (Å²) in [6, 6.07) is 6.52. The lowest BCUT2D eigenvalue weighted by atomic mass is 10.0. The molecule has 0 bridgehead atoms. The Hall–Kier alpha value is -1.44. The van der Waals surface area contributed by atoms with Crippen LogP contribution in [0.3, 0.4) is 0 Å². The van der Waals surface area contributed by atoms with Crippen molar-refractivity contribution in [2.75, 3.05) is 38.0 Å². The Labute approximate surface area is 156 Å².